The van der Waals surface area contributed by atoms with Crippen molar-refractivity contribution in [2.45, 2.75) is 19.5 Å². The predicted molar refractivity (Wildman–Crippen MR) is 81.5 cm³/mol. The number of hydrogen-bond acceptors (Lipinski definition) is 3. The molecule has 1 amide bonds. The number of carbonyl (C=O) groups excluding carboxylic acids is 1. The number of aromatic nitrogens is 2. The van der Waals surface area contributed by atoms with Gasteiger partial charge >= 0.3 is 0 Å². The molecule has 0 bridgehead atoms. The van der Waals surface area contributed by atoms with E-state index in [1.807, 2.05) is 29.8 Å². The monoisotopic (exact) mass is 282 g/mol. The number of rotatable bonds is 4. The highest BCUT2D eigenvalue weighted by atomic mass is 16.1. The summed E-state index contributed by atoms with van der Waals surface area (Å²) in [6.45, 7) is 2.94. The number of benzene rings is 1. The molecule has 5 heteroatoms. The predicted octanol–water partition coefficient (Wildman–Crippen LogP) is 1.01. The number of nitrogens with one attached hydrogen (secondary N) is 1. The molecule has 0 aliphatic carbocycles. The molecule has 3 N–H and O–H groups in total. The maximum Gasteiger partial charge on any atom is 0.251 e. The van der Waals surface area contributed by atoms with E-state index in [0.717, 1.165) is 5.56 Å². The van der Waals surface area contributed by atoms with Crippen molar-refractivity contribution in [3.8, 4) is 11.8 Å². The number of carbonyl (C=O) groups is 1. The van der Waals surface area contributed by atoms with Gasteiger partial charge in [0.25, 0.3) is 5.91 Å². The Kier molecular flexibility index (Phi) is 5.13. The Morgan fingerprint density at radius 1 is 1.52 bits per heavy atom. The maximum absolute atomic E-state index is 12.2. The highest BCUT2D eigenvalue weighted by Crippen LogP contribution is 2.05. The summed E-state index contributed by atoms with van der Waals surface area (Å²) in [4.78, 5) is 16.2. The van der Waals surface area contributed by atoms with Gasteiger partial charge in [-0.25, -0.2) is 4.98 Å². The van der Waals surface area contributed by atoms with E-state index in [9.17, 15) is 4.79 Å². The molecule has 0 radical (unpaired) electrons. The van der Waals surface area contributed by atoms with Crippen LogP contribution < -0.4 is 11.1 Å². The molecular weight excluding hydrogens is 264 g/mol. The third kappa shape index (κ3) is 4.48. The van der Waals surface area contributed by atoms with E-state index in [0.29, 0.717) is 18.7 Å². The lowest BCUT2D eigenvalue weighted by Gasteiger charge is -2.14. The third-order valence-corrected chi connectivity index (χ3v) is 2.88. The van der Waals surface area contributed by atoms with Crippen molar-refractivity contribution in [3.05, 3.63) is 54.1 Å². The fourth-order valence-electron chi connectivity index (χ4n) is 1.96. The molecule has 0 spiro atoms. The van der Waals surface area contributed by atoms with Crippen molar-refractivity contribution >= 4 is 5.91 Å². The van der Waals surface area contributed by atoms with Crippen LogP contribution in [0, 0.1) is 11.8 Å². The van der Waals surface area contributed by atoms with Gasteiger partial charge in [0.2, 0.25) is 0 Å². The molecule has 0 fully saturated rings. The molecule has 1 atom stereocenters. The standard InChI is InChI=1S/C16H18N4O/c1-13(11-20-9-8-18-12-20)19-16(21)15-6-2-4-14(10-15)5-3-7-17/h2,4,6,8-10,12-13H,7,11,17H2,1H3,(H,19,21). The summed E-state index contributed by atoms with van der Waals surface area (Å²) in [6, 6.07) is 7.21. The number of imidazole rings is 1. The Morgan fingerprint density at radius 2 is 2.38 bits per heavy atom. The van der Waals surface area contributed by atoms with Crippen molar-refractivity contribution in [1.29, 1.82) is 0 Å². The number of nitrogens with zero attached hydrogens (tertiary/aromatic N) is 2. The second-order valence-corrected chi connectivity index (χ2v) is 4.72. The van der Waals surface area contributed by atoms with Crippen LogP contribution in [0.2, 0.25) is 0 Å². The highest BCUT2D eigenvalue weighted by molar-refractivity contribution is 5.94. The zero-order valence-corrected chi connectivity index (χ0v) is 11.9. The Bertz CT molecular complexity index is 652. The second-order valence-electron chi connectivity index (χ2n) is 4.72. The molecule has 0 saturated carbocycles. The van der Waals surface area contributed by atoms with Crippen LogP contribution in [-0.2, 0) is 6.54 Å². The molecule has 0 aliphatic heterocycles. The van der Waals surface area contributed by atoms with Crippen molar-refractivity contribution in [2.24, 2.45) is 5.73 Å². The van der Waals surface area contributed by atoms with Crippen molar-refractivity contribution in [3.63, 3.8) is 0 Å². The van der Waals surface area contributed by atoms with Crippen LogP contribution in [0.4, 0.5) is 0 Å². The van der Waals surface area contributed by atoms with Crippen LogP contribution in [0.15, 0.2) is 43.0 Å². The molecule has 1 aromatic carbocycles. The van der Waals surface area contributed by atoms with Gasteiger partial charge in [-0.05, 0) is 25.1 Å². The third-order valence-electron chi connectivity index (χ3n) is 2.88. The van der Waals surface area contributed by atoms with Gasteiger partial charge < -0.3 is 15.6 Å². The zero-order chi connectivity index (χ0) is 15.1. The fourth-order valence-corrected chi connectivity index (χ4v) is 1.96. The average molecular weight is 282 g/mol. The first-order chi connectivity index (χ1) is 10.2. The minimum atomic E-state index is -0.112. The van der Waals surface area contributed by atoms with Crippen LogP contribution in [-0.4, -0.2) is 28.0 Å². The van der Waals surface area contributed by atoms with Crippen LogP contribution in [0.1, 0.15) is 22.8 Å². The van der Waals surface area contributed by atoms with Gasteiger partial charge in [0.05, 0.1) is 12.9 Å². The summed E-state index contributed by atoms with van der Waals surface area (Å²) in [5, 5.41) is 2.96. The SMILES string of the molecule is CC(Cn1ccnc1)NC(=O)c1cccc(C#CCN)c1. The van der Waals surface area contributed by atoms with E-state index >= 15 is 0 Å². The summed E-state index contributed by atoms with van der Waals surface area (Å²) >= 11 is 0. The lowest BCUT2D eigenvalue weighted by molar-refractivity contribution is 0.0936. The minimum Gasteiger partial charge on any atom is -0.348 e. The number of nitrogens with two attached hydrogens (primary N) is 1. The summed E-state index contributed by atoms with van der Waals surface area (Å²) in [5.74, 6) is 5.59. The van der Waals surface area contributed by atoms with E-state index < -0.39 is 0 Å². The Labute approximate surface area is 124 Å². The average Bonchev–Trinajstić information content (AvgIpc) is 2.98. The molecule has 0 saturated heterocycles. The number of amides is 1. The molecule has 1 aromatic heterocycles. The topological polar surface area (TPSA) is 72.9 Å². The molecule has 1 heterocycles. The molecule has 5 nitrogen and oxygen atoms in total. The van der Waals surface area contributed by atoms with Crippen LogP contribution in [0.3, 0.4) is 0 Å². The van der Waals surface area contributed by atoms with E-state index in [1.165, 1.54) is 0 Å². The lowest BCUT2D eigenvalue weighted by Crippen LogP contribution is -2.35. The first-order valence-electron chi connectivity index (χ1n) is 6.74. The van der Waals surface area contributed by atoms with Crippen molar-refractivity contribution in [2.75, 3.05) is 6.54 Å². The molecule has 21 heavy (non-hydrogen) atoms. The number of hydrogen-bond donors (Lipinski definition) is 2. The zero-order valence-electron chi connectivity index (χ0n) is 11.9. The van der Waals surface area contributed by atoms with E-state index in [4.69, 9.17) is 5.73 Å². The second kappa shape index (κ2) is 7.27. The first-order valence-corrected chi connectivity index (χ1v) is 6.74. The van der Waals surface area contributed by atoms with Crippen molar-refractivity contribution < 1.29 is 4.79 Å². The minimum absolute atomic E-state index is 0.00508. The van der Waals surface area contributed by atoms with Crippen LogP contribution >= 0.6 is 0 Å². The smallest absolute Gasteiger partial charge is 0.251 e. The summed E-state index contributed by atoms with van der Waals surface area (Å²) in [6.07, 6.45) is 5.31. The highest BCUT2D eigenvalue weighted by Gasteiger charge is 2.10. The van der Waals surface area contributed by atoms with Gasteiger partial charge in [0, 0.05) is 36.1 Å². The molecule has 108 valence electrons. The largest absolute Gasteiger partial charge is 0.348 e. The molecule has 2 aromatic rings. The Balaban J connectivity index is 1.99. The summed E-state index contributed by atoms with van der Waals surface area (Å²) in [5.41, 5.74) is 6.73. The quantitative estimate of drug-likeness (QED) is 0.822. The molecule has 2 rings (SSSR count). The van der Waals surface area contributed by atoms with Gasteiger partial charge in [-0.3, -0.25) is 4.79 Å². The van der Waals surface area contributed by atoms with Gasteiger partial charge in [-0.15, -0.1) is 0 Å². The van der Waals surface area contributed by atoms with Crippen LogP contribution in [0.25, 0.3) is 0 Å². The van der Waals surface area contributed by atoms with E-state index in [-0.39, 0.29) is 11.9 Å². The van der Waals surface area contributed by atoms with E-state index in [1.54, 1.807) is 24.7 Å². The van der Waals surface area contributed by atoms with E-state index in [2.05, 4.69) is 22.1 Å². The van der Waals surface area contributed by atoms with Gasteiger partial charge in [-0.1, -0.05) is 17.9 Å². The van der Waals surface area contributed by atoms with Gasteiger partial charge in [0.15, 0.2) is 0 Å². The lowest BCUT2D eigenvalue weighted by atomic mass is 10.1. The Hall–Kier alpha value is -2.58. The van der Waals surface area contributed by atoms with Crippen molar-refractivity contribution in [1.82, 2.24) is 14.9 Å². The molecule has 0 aliphatic rings. The van der Waals surface area contributed by atoms with Crippen LogP contribution in [0.5, 0.6) is 0 Å². The molecule has 1 unspecified atom stereocenters. The first kappa shape index (κ1) is 14.8. The summed E-state index contributed by atoms with van der Waals surface area (Å²) in [7, 11) is 0. The Morgan fingerprint density at radius 3 is 3.10 bits per heavy atom. The fraction of sp³-hybridized carbons (Fsp3) is 0.250. The van der Waals surface area contributed by atoms with Gasteiger partial charge in [-0.2, -0.15) is 0 Å². The van der Waals surface area contributed by atoms with Gasteiger partial charge in [0.1, 0.15) is 0 Å². The normalized spacial score (nSPS) is 11.3. The summed E-state index contributed by atoms with van der Waals surface area (Å²) < 4.78 is 1.92. The molecular formula is C16H18N4O. The maximum atomic E-state index is 12.2.